The van der Waals surface area contributed by atoms with Crippen molar-refractivity contribution in [2.75, 3.05) is 32.1 Å². The highest BCUT2D eigenvalue weighted by molar-refractivity contribution is 5.92. The minimum Gasteiger partial charge on any atom is -0.372 e. The number of rotatable bonds is 3. The summed E-state index contributed by atoms with van der Waals surface area (Å²) in [6.07, 6.45) is 4.51. The number of morpholine rings is 1. The Morgan fingerprint density at radius 3 is 2.91 bits per heavy atom. The summed E-state index contributed by atoms with van der Waals surface area (Å²) in [7, 11) is 1.78. The van der Waals surface area contributed by atoms with E-state index in [4.69, 9.17) is 4.74 Å². The van der Waals surface area contributed by atoms with Crippen molar-refractivity contribution in [2.45, 2.75) is 13.0 Å². The highest BCUT2D eigenvalue weighted by Crippen LogP contribution is 2.25. The van der Waals surface area contributed by atoms with E-state index in [1.165, 1.54) is 0 Å². The first-order valence-electron chi connectivity index (χ1n) is 7.38. The molecule has 1 aliphatic heterocycles. The second-order valence-corrected chi connectivity index (χ2v) is 5.14. The minimum absolute atomic E-state index is 0.126. The number of anilines is 1. The summed E-state index contributed by atoms with van der Waals surface area (Å²) >= 11 is 0. The number of hydrogen-bond donors (Lipinski definition) is 1. The predicted octanol–water partition coefficient (Wildman–Crippen LogP) is 0.830. The number of amides is 1. The van der Waals surface area contributed by atoms with Crippen LogP contribution in [0.25, 0.3) is 0 Å². The third-order valence-corrected chi connectivity index (χ3v) is 3.62. The van der Waals surface area contributed by atoms with Gasteiger partial charge in [-0.2, -0.15) is 0 Å². The molecule has 8 nitrogen and oxygen atoms in total. The van der Waals surface area contributed by atoms with Gasteiger partial charge in [0.25, 0.3) is 5.91 Å². The molecule has 1 N–H and O–H groups in total. The molecule has 1 atom stereocenters. The largest absolute Gasteiger partial charge is 0.372 e. The topological polar surface area (TPSA) is 93.1 Å². The number of aromatic nitrogens is 4. The van der Waals surface area contributed by atoms with E-state index in [0.29, 0.717) is 42.7 Å². The zero-order valence-corrected chi connectivity index (χ0v) is 13.1. The fourth-order valence-corrected chi connectivity index (χ4v) is 2.51. The van der Waals surface area contributed by atoms with Gasteiger partial charge in [0.05, 0.1) is 13.2 Å². The van der Waals surface area contributed by atoms with Crippen LogP contribution in [0.15, 0.2) is 24.7 Å². The molecule has 0 radical (unpaired) electrons. The number of aryl methyl sites for hydroxylation is 1. The highest BCUT2D eigenvalue weighted by atomic mass is 16.5. The lowest BCUT2D eigenvalue weighted by Gasteiger charge is -2.32. The van der Waals surface area contributed by atoms with Crippen molar-refractivity contribution >= 4 is 11.7 Å². The van der Waals surface area contributed by atoms with Crippen molar-refractivity contribution in [3.8, 4) is 0 Å². The molecule has 1 saturated heterocycles. The van der Waals surface area contributed by atoms with Gasteiger partial charge < -0.3 is 15.0 Å². The van der Waals surface area contributed by atoms with Crippen LogP contribution in [0.4, 0.5) is 5.82 Å². The van der Waals surface area contributed by atoms with Gasteiger partial charge in [-0.05, 0) is 13.0 Å². The molecule has 120 valence electrons. The predicted molar refractivity (Wildman–Crippen MR) is 82.9 cm³/mol. The quantitative estimate of drug-likeness (QED) is 0.897. The van der Waals surface area contributed by atoms with Crippen LogP contribution in [0, 0.1) is 6.92 Å². The molecule has 0 aliphatic carbocycles. The van der Waals surface area contributed by atoms with Crippen molar-refractivity contribution in [3.05, 3.63) is 41.9 Å². The van der Waals surface area contributed by atoms with Gasteiger partial charge in [-0.15, -0.1) is 0 Å². The Hall–Kier alpha value is -2.61. The summed E-state index contributed by atoms with van der Waals surface area (Å²) in [6.45, 7) is 3.14. The van der Waals surface area contributed by atoms with Gasteiger partial charge >= 0.3 is 0 Å². The van der Waals surface area contributed by atoms with E-state index in [2.05, 4.69) is 25.3 Å². The second-order valence-electron chi connectivity index (χ2n) is 5.14. The van der Waals surface area contributed by atoms with Gasteiger partial charge in [0.2, 0.25) is 0 Å². The first kappa shape index (κ1) is 15.3. The van der Waals surface area contributed by atoms with Crippen molar-refractivity contribution in [3.63, 3.8) is 0 Å². The minimum atomic E-state index is -0.313. The van der Waals surface area contributed by atoms with Gasteiger partial charge in [0.15, 0.2) is 0 Å². The highest BCUT2D eigenvalue weighted by Gasteiger charge is 2.29. The molecule has 1 unspecified atom stereocenters. The van der Waals surface area contributed by atoms with Gasteiger partial charge in [0, 0.05) is 32.2 Å². The maximum Gasteiger partial charge on any atom is 0.272 e. The molecule has 2 aromatic heterocycles. The van der Waals surface area contributed by atoms with E-state index in [0.717, 1.165) is 0 Å². The van der Waals surface area contributed by atoms with Crippen LogP contribution in [-0.2, 0) is 4.74 Å². The van der Waals surface area contributed by atoms with Crippen LogP contribution in [0.3, 0.4) is 0 Å². The van der Waals surface area contributed by atoms with Crippen LogP contribution >= 0.6 is 0 Å². The monoisotopic (exact) mass is 314 g/mol. The number of ether oxygens (including phenoxy) is 1. The Labute approximate surface area is 134 Å². The molecular formula is C15H18N6O2. The molecular weight excluding hydrogens is 296 g/mol. The summed E-state index contributed by atoms with van der Waals surface area (Å²) in [6, 6.07) is 1.63. The van der Waals surface area contributed by atoms with E-state index < -0.39 is 0 Å². The Morgan fingerprint density at radius 1 is 1.30 bits per heavy atom. The number of nitrogens with one attached hydrogen (secondary N) is 1. The van der Waals surface area contributed by atoms with Gasteiger partial charge in [-0.3, -0.25) is 9.78 Å². The van der Waals surface area contributed by atoms with E-state index >= 15 is 0 Å². The van der Waals surface area contributed by atoms with Crippen LogP contribution in [-0.4, -0.2) is 57.5 Å². The summed E-state index contributed by atoms with van der Waals surface area (Å²) in [4.78, 5) is 31.1. The molecule has 2 aromatic rings. The maximum atomic E-state index is 12.6. The van der Waals surface area contributed by atoms with Crippen molar-refractivity contribution in [2.24, 2.45) is 0 Å². The fourth-order valence-electron chi connectivity index (χ4n) is 2.51. The molecule has 3 heterocycles. The first-order chi connectivity index (χ1) is 11.2. The van der Waals surface area contributed by atoms with Gasteiger partial charge in [-0.25, -0.2) is 15.0 Å². The average molecular weight is 314 g/mol. The average Bonchev–Trinajstić information content (AvgIpc) is 2.61. The number of carbonyl (C=O) groups excluding carboxylic acids is 1. The third-order valence-electron chi connectivity index (χ3n) is 3.62. The van der Waals surface area contributed by atoms with Crippen molar-refractivity contribution in [1.29, 1.82) is 0 Å². The molecule has 1 fully saturated rings. The smallest absolute Gasteiger partial charge is 0.272 e. The molecule has 1 amide bonds. The fraction of sp³-hybridized carbons (Fsp3) is 0.400. The summed E-state index contributed by atoms with van der Waals surface area (Å²) < 4.78 is 5.78. The van der Waals surface area contributed by atoms with E-state index in [9.17, 15) is 4.79 Å². The van der Waals surface area contributed by atoms with E-state index in [1.807, 2.05) is 0 Å². The molecule has 0 bridgehead atoms. The van der Waals surface area contributed by atoms with Crippen LogP contribution < -0.4 is 5.32 Å². The van der Waals surface area contributed by atoms with Gasteiger partial charge in [-0.1, -0.05) is 0 Å². The van der Waals surface area contributed by atoms with Crippen LogP contribution in [0.1, 0.15) is 28.1 Å². The number of hydrogen-bond acceptors (Lipinski definition) is 7. The lowest BCUT2D eigenvalue weighted by atomic mass is 10.2. The molecule has 1 aliphatic rings. The Bertz CT molecular complexity index is 708. The SMILES string of the molecule is CNc1nccnc1C1CN(C(=O)c2ccnc(C)n2)CCO1. The molecule has 8 heteroatoms. The molecule has 3 rings (SSSR count). The van der Waals surface area contributed by atoms with E-state index in [1.54, 1.807) is 43.5 Å². The normalized spacial score (nSPS) is 17.8. The molecule has 23 heavy (non-hydrogen) atoms. The second kappa shape index (κ2) is 6.66. The standard InChI is InChI=1S/C15H18N6O2/c1-10-17-4-3-11(20-10)15(22)21-7-8-23-12(9-21)13-14(16-2)19-6-5-18-13/h3-6,12H,7-9H2,1-2H3,(H,16,19). The summed E-state index contributed by atoms with van der Waals surface area (Å²) in [5, 5.41) is 3.00. The zero-order chi connectivity index (χ0) is 16.2. The molecule has 0 spiro atoms. The zero-order valence-electron chi connectivity index (χ0n) is 13.1. The third kappa shape index (κ3) is 3.26. The Kier molecular flexibility index (Phi) is 4.42. The van der Waals surface area contributed by atoms with E-state index in [-0.39, 0.29) is 12.0 Å². The Balaban J connectivity index is 1.79. The summed E-state index contributed by atoms with van der Waals surface area (Å²) in [5.41, 5.74) is 1.09. The Morgan fingerprint density at radius 2 is 2.13 bits per heavy atom. The molecule has 0 saturated carbocycles. The summed E-state index contributed by atoms with van der Waals surface area (Å²) in [5.74, 6) is 1.11. The first-order valence-corrected chi connectivity index (χ1v) is 7.38. The molecule has 0 aromatic carbocycles. The number of nitrogens with zero attached hydrogens (tertiary/aromatic N) is 5. The van der Waals surface area contributed by atoms with Crippen LogP contribution in [0.5, 0.6) is 0 Å². The van der Waals surface area contributed by atoms with Gasteiger partial charge in [0.1, 0.15) is 29.1 Å². The lowest BCUT2D eigenvalue weighted by Crippen LogP contribution is -2.43. The van der Waals surface area contributed by atoms with Crippen molar-refractivity contribution in [1.82, 2.24) is 24.8 Å². The lowest BCUT2D eigenvalue weighted by molar-refractivity contribution is -0.0247. The number of carbonyl (C=O) groups is 1. The van der Waals surface area contributed by atoms with Crippen molar-refractivity contribution < 1.29 is 9.53 Å². The maximum absolute atomic E-state index is 12.6. The van der Waals surface area contributed by atoms with Crippen LogP contribution in [0.2, 0.25) is 0 Å².